The molecule has 2 heteroatoms. The Bertz CT molecular complexity index is 352. The number of rotatable bonds is 3. The van der Waals surface area contributed by atoms with Crippen LogP contribution in [-0.2, 0) is 13.1 Å². The molecule has 0 bridgehead atoms. The summed E-state index contributed by atoms with van der Waals surface area (Å²) in [7, 11) is 0. The largest absolute Gasteiger partial charge is 0.346 e. The molecule has 0 aliphatic carbocycles. The topological polar surface area (TPSA) is 8.17 Å². The van der Waals surface area contributed by atoms with E-state index in [1.165, 1.54) is 30.9 Å². The standard InChI is InChI=1S/C14H24N2/c1-5-12(4)14-7-6-13-10-15(11(2)3)8-9-16(13)14/h6-7,11-12H,5,8-10H2,1-4H3. The predicted octanol–water partition coefficient (Wildman–Crippen LogP) is 3.23. The first-order chi connectivity index (χ1) is 7.63. The lowest BCUT2D eigenvalue weighted by molar-refractivity contribution is 0.175. The Morgan fingerprint density at radius 3 is 2.56 bits per heavy atom. The Morgan fingerprint density at radius 2 is 1.94 bits per heavy atom. The fourth-order valence-electron chi connectivity index (χ4n) is 2.53. The van der Waals surface area contributed by atoms with Gasteiger partial charge in [-0.05, 0) is 38.3 Å². The lowest BCUT2D eigenvalue weighted by Gasteiger charge is -2.33. The predicted molar refractivity (Wildman–Crippen MR) is 68.7 cm³/mol. The Hall–Kier alpha value is -0.760. The van der Waals surface area contributed by atoms with Gasteiger partial charge in [0.1, 0.15) is 0 Å². The lowest BCUT2D eigenvalue weighted by atomic mass is 10.1. The third-order valence-corrected chi connectivity index (χ3v) is 3.93. The van der Waals surface area contributed by atoms with E-state index in [0.717, 1.165) is 6.54 Å². The summed E-state index contributed by atoms with van der Waals surface area (Å²) < 4.78 is 2.53. The minimum Gasteiger partial charge on any atom is -0.346 e. The second-order valence-corrected chi connectivity index (χ2v) is 5.27. The molecule has 2 nitrogen and oxygen atoms in total. The van der Waals surface area contributed by atoms with Gasteiger partial charge in [-0.15, -0.1) is 0 Å². The summed E-state index contributed by atoms with van der Waals surface area (Å²) in [5.74, 6) is 0.694. The van der Waals surface area contributed by atoms with Crippen molar-refractivity contribution in [1.82, 2.24) is 9.47 Å². The van der Waals surface area contributed by atoms with Crippen molar-refractivity contribution < 1.29 is 0 Å². The van der Waals surface area contributed by atoms with E-state index in [-0.39, 0.29) is 0 Å². The molecule has 1 unspecified atom stereocenters. The van der Waals surface area contributed by atoms with Crippen LogP contribution in [0, 0.1) is 0 Å². The van der Waals surface area contributed by atoms with Crippen LogP contribution < -0.4 is 0 Å². The summed E-state index contributed by atoms with van der Waals surface area (Å²) in [4.78, 5) is 2.55. The molecule has 1 aliphatic heterocycles. The van der Waals surface area contributed by atoms with E-state index >= 15 is 0 Å². The van der Waals surface area contributed by atoms with Gasteiger partial charge in [-0.25, -0.2) is 0 Å². The summed E-state index contributed by atoms with van der Waals surface area (Å²) in [6, 6.07) is 5.30. The lowest BCUT2D eigenvalue weighted by Crippen LogP contribution is -2.38. The maximum absolute atomic E-state index is 2.55. The van der Waals surface area contributed by atoms with Gasteiger partial charge in [0, 0.05) is 37.1 Å². The molecule has 2 rings (SSSR count). The normalized spacial score (nSPS) is 18.8. The van der Waals surface area contributed by atoms with Crippen molar-refractivity contribution >= 4 is 0 Å². The third-order valence-electron chi connectivity index (χ3n) is 3.93. The highest BCUT2D eigenvalue weighted by Gasteiger charge is 2.21. The van der Waals surface area contributed by atoms with Crippen LogP contribution in [0.5, 0.6) is 0 Å². The number of aromatic nitrogens is 1. The van der Waals surface area contributed by atoms with E-state index in [0.29, 0.717) is 12.0 Å². The monoisotopic (exact) mass is 220 g/mol. The Labute approximate surface area is 99.3 Å². The average molecular weight is 220 g/mol. The maximum atomic E-state index is 2.55. The van der Waals surface area contributed by atoms with Gasteiger partial charge < -0.3 is 4.57 Å². The smallest absolute Gasteiger partial charge is 0.0390 e. The summed E-state index contributed by atoms with van der Waals surface area (Å²) >= 11 is 0. The van der Waals surface area contributed by atoms with Crippen LogP contribution in [0.2, 0.25) is 0 Å². The fourth-order valence-corrected chi connectivity index (χ4v) is 2.53. The Morgan fingerprint density at radius 1 is 1.19 bits per heavy atom. The van der Waals surface area contributed by atoms with Crippen LogP contribution in [0.4, 0.5) is 0 Å². The van der Waals surface area contributed by atoms with Gasteiger partial charge in [-0.3, -0.25) is 4.90 Å². The van der Waals surface area contributed by atoms with E-state index in [4.69, 9.17) is 0 Å². The maximum Gasteiger partial charge on any atom is 0.0390 e. The molecule has 0 fully saturated rings. The zero-order valence-electron chi connectivity index (χ0n) is 11.0. The molecule has 0 amide bonds. The van der Waals surface area contributed by atoms with E-state index in [1.807, 2.05) is 0 Å². The molecule has 1 aromatic rings. The van der Waals surface area contributed by atoms with Crippen molar-refractivity contribution in [3.8, 4) is 0 Å². The number of nitrogens with zero attached hydrogens (tertiary/aromatic N) is 2. The van der Waals surface area contributed by atoms with Crippen LogP contribution >= 0.6 is 0 Å². The van der Waals surface area contributed by atoms with Crippen LogP contribution in [0.3, 0.4) is 0 Å². The molecule has 1 aliphatic rings. The highest BCUT2D eigenvalue weighted by Crippen LogP contribution is 2.25. The summed E-state index contributed by atoms with van der Waals surface area (Å²) in [5.41, 5.74) is 3.02. The number of fused-ring (bicyclic) bond motifs is 1. The Kier molecular flexibility index (Phi) is 3.38. The molecule has 0 aromatic carbocycles. The van der Waals surface area contributed by atoms with Crippen LogP contribution in [-0.4, -0.2) is 22.1 Å². The molecule has 0 saturated carbocycles. The molecule has 1 atom stereocenters. The van der Waals surface area contributed by atoms with E-state index in [2.05, 4.69) is 49.3 Å². The molecule has 2 heterocycles. The van der Waals surface area contributed by atoms with E-state index < -0.39 is 0 Å². The Balaban J connectivity index is 2.20. The highest BCUT2D eigenvalue weighted by atomic mass is 15.2. The van der Waals surface area contributed by atoms with Gasteiger partial charge in [-0.1, -0.05) is 13.8 Å². The highest BCUT2D eigenvalue weighted by molar-refractivity contribution is 5.21. The van der Waals surface area contributed by atoms with Crippen molar-refractivity contribution in [3.63, 3.8) is 0 Å². The molecule has 16 heavy (non-hydrogen) atoms. The molecule has 0 radical (unpaired) electrons. The first-order valence-corrected chi connectivity index (χ1v) is 6.55. The van der Waals surface area contributed by atoms with E-state index in [1.54, 1.807) is 0 Å². The van der Waals surface area contributed by atoms with Crippen molar-refractivity contribution in [3.05, 3.63) is 23.5 Å². The number of hydrogen-bond acceptors (Lipinski definition) is 1. The second kappa shape index (κ2) is 4.62. The second-order valence-electron chi connectivity index (χ2n) is 5.27. The minimum atomic E-state index is 0.663. The zero-order chi connectivity index (χ0) is 11.7. The third kappa shape index (κ3) is 2.03. The number of hydrogen-bond donors (Lipinski definition) is 0. The van der Waals surface area contributed by atoms with Crippen molar-refractivity contribution in [2.45, 2.75) is 59.2 Å². The molecule has 1 aromatic heterocycles. The van der Waals surface area contributed by atoms with Gasteiger partial charge in [-0.2, -0.15) is 0 Å². The molecular weight excluding hydrogens is 196 g/mol. The summed E-state index contributed by atoms with van der Waals surface area (Å²) in [6.07, 6.45) is 1.23. The van der Waals surface area contributed by atoms with Gasteiger partial charge in [0.15, 0.2) is 0 Å². The van der Waals surface area contributed by atoms with Crippen molar-refractivity contribution in [2.75, 3.05) is 6.54 Å². The van der Waals surface area contributed by atoms with Crippen LogP contribution in [0.1, 0.15) is 51.4 Å². The summed E-state index contributed by atoms with van der Waals surface area (Å²) in [6.45, 7) is 12.7. The first kappa shape index (κ1) is 11.7. The quantitative estimate of drug-likeness (QED) is 0.759. The molecule has 0 spiro atoms. The molecular formula is C14H24N2. The fraction of sp³-hybridized carbons (Fsp3) is 0.714. The van der Waals surface area contributed by atoms with Crippen molar-refractivity contribution in [2.24, 2.45) is 0 Å². The minimum absolute atomic E-state index is 0.663. The van der Waals surface area contributed by atoms with Gasteiger partial charge in [0.2, 0.25) is 0 Å². The SMILES string of the molecule is CCC(C)c1ccc2n1CCN(C(C)C)C2. The molecule has 0 saturated heterocycles. The van der Waals surface area contributed by atoms with Gasteiger partial charge >= 0.3 is 0 Å². The van der Waals surface area contributed by atoms with Crippen molar-refractivity contribution in [1.29, 1.82) is 0 Å². The first-order valence-electron chi connectivity index (χ1n) is 6.55. The van der Waals surface area contributed by atoms with Crippen LogP contribution in [0.15, 0.2) is 12.1 Å². The zero-order valence-corrected chi connectivity index (χ0v) is 11.0. The van der Waals surface area contributed by atoms with Gasteiger partial charge in [0.25, 0.3) is 0 Å². The van der Waals surface area contributed by atoms with E-state index in [9.17, 15) is 0 Å². The summed E-state index contributed by atoms with van der Waals surface area (Å²) in [5, 5.41) is 0. The van der Waals surface area contributed by atoms with Crippen LogP contribution in [0.25, 0.3) is 0 Å². The average Bonchev–Trinajstić information content (AvgIpc) is 2.70. The molecule has 90 valence electrons. The van der Waals surface area contributed by atoms with Gasteiger partial charge in [0.05, 0.1) is 0 Å². The molecule has 0 N–H and O–H groups in total.